The molecule has 0 N–H and O–H groups in total. The minimum absolute atomic E-state index is 0.164. The fourth-order valence-corrected chi connectivity index (χ4v) is 25.6. The Morgan fingerprint density at radius 3 is 1.06 bits per heavy atom. The lowest BCUT2D eigenvalue weighted by Gasteiger charge is -2.47. The molecule has 0 radical (unpaired) electrons. The second-order valence-corrected chi connectivity index (χ2v) is 31.3. The Hall–Kier alpha value is -11.0. The second kappa shape index (κ2) is 22.0. The zero-order valence-corrected chi connectivity index (χ0v) is 51.6. The summed E-state index contributed by atoms with van der Waals surface area (Å²) in [7, 11) is -6.42. The van der Waals surface area contributed by atoms with Crippen molar-refractivity contribution in [3.8, 4) is 16.8 Å². The maximum atomic E-state index is 2.73. The van der Waals surface area contributed by atoms with Crippen LogP contribution in [-0.2, 0) is 0 Å². The third kappa shape index (κ3) is 8.12. The van der Waals surface area contributed by atoms with E-state index in [0.29, 0.717) is 0 Å². The molecule has 0 saturated carbocycles. The van der Waals surface area contributed by atoms with Gasteiger partial charge in [-0.25, -0.2) is 0 Å². The highest BCUT2D eigenvalue weighted by Gasteiger charge is 2.50. The van der Waals surface area contributed by atoms with E-state index in [9.17, 15) is 0 Å². The van der Waals surface area contributed by atoms with E-state index >= 15 is 0 Å². The molecule has 0 aliphatic carbocycles. The monoisotopic (exact) mass is 1180 g/mol. The molecule has 90 heavy (non-hydrogen) atoms. The summed E-state index contributed by atoms with van der Waals surface area (Å²) in [5.41, 5.74) is 16.5. The molecule has 0 bridgehead atoms. The van der Waals surface area contributed by atoms with E-state index in [1.165, 1.54) is 91.2 Å². The number of benzene rings is 14. The van der Waals surface area contributed by atoms with Gasteiger partial charge in [0.25, 0.3) is 6.71 Å². The molecule has 3 heterocycles. The maximum absolute atomic E-state index is 3.23. The minimum Gasteiger partial charge on any atom is -0.311 e. The molecule has 6 heteroatoms. The molecule has 15 aromatic rings. The summed E-state index contributed by atoms with van der Waals surface area (Å²) >= 11 is 0. The van der Waals surface area contributed by atoms with Crippen LogP contribution in [-0.4, -0.2) is 27.4 Å². The van der Waals surface area contributed by atoms with Gasteiger partial charge < -0.3 is 14.4 Å². The summed E-state index contributed by atoms with van der Waals surface area (Å²) in [4.78, 5) is 5.41. The molecule has 0 unspecified atom stereocenters. The highest BCUT2D eigenvalue weighted by atomic mass is 28.3. The summed E-state index contributed by atoms with van der Waals surface area (Å²) in [6, 6.07) is 138. The molecule has 422 valence electrons. The number of rotatable bonds is 12. The number of anilines is 6. The van der Waals surface area contributed by atoms with Gasteiger partial charge in [0.05, 0.1) is 16.7 Å². The van der Waals surface area contributed by atoms with Crippen molar-refractivity contribution in [2.24, 2.45) is 0 Å². The molecule has 0 saturated heterocycles. The summed E-state index contributed by atoms with van der Waals surface area (Å²) in [5.74, 6) is 0. The number of hydrogen-bond acceptors (Lipinski definition) is 2. The van der Waals surface area contributed by atoms with Crippen molar-refractivity contribution in [1.82, 2.24) is 4.57 Å². The molecule has 0 atom stereocenters. The Labute approximate surface area is 528 Å². The quantitative estimate of drug-likeness (QED) is 0.0892. The molecule has 0 spiro atoms. The Kier molecular flexibility index (Phi) is 13.0. The third-order valence-electron chi connectivity index (χ3n) is 19.2. The first-order chi connectivity index (χ1) is 44.7. The fraction of sp³-hybridized carbons (Fsp3) is 0. The van der Waals surface area contributed by atoms with Crippen LogP contribution in [0.4, 0.5) is 34.1 Å². The van der Waals surface area contributed by atoms with Crippen molar-refractivity contribution in [2.45, 2.75) is 0 Å². The molecule has 0 fully saturated rings. The van der Waals surface area contributed by atoms with E-state index in [0.717, 1.165) is 39.5 Å². The summed E-state index contributed by atoms with van der Waals surface area (Å²) in [6.45, 7) is -0.164. The SMILES string of the molecule is c1ccc(-c2cccc3c2N(c2ccccc2[Si](c2ccccc2)(c2ccccc2)c2ccccc2)c2cc(-n4c5ccccc5c5ccccc54)cc4c2B3c2ccccc2N4c2ccccc2[Si](c2ccccc2)(c2ccccc2)c2ccccc2)cc1. The Bertz CT molecular complexity index is 4900. The zero-order chi connectivity index (χ0) is 59.6. The zero-order valence-electron chi connectivity index (χ0n) is 49.6. The van der Waals surface area contributed by atoms with Crippen LogP contribution in [0.5, 0.6) is 0 Å². The van der Waals surface area contributed by atoms with Crippen molar-refractivity contribution < 1.29 is 0 Å². The standard InChI is InChI=1S/C84H60BN3Si2/c1-8-33-61(34-9-1)69-49-32-51-73-84(69)88(78-56-29-31-58-82(78)90(66-41-16-5-17-42-66,67-43-18-6-19-44-67)68-45-20-7-21-46-68)80-60-62(86-74-52-25-22-47-70(74)71-48-23-26-53-75(71)86)59-79-83(80)85(73)72-50-24-27-54-76(72)87(79)77-55-28-30-57-81(77)89(63-35-10-2-11-36-63,64-37-12-3-13-38-64)65-39-14-4-15-40-65/h1-60H. The lowest BCUT2D eigenvalue weighted by atomic mass is 9.33. The third-order valence-corrected chi connectivity index (χ3v) is 28.9. The van der Waals surface area contributed by atoms with Crippen LogP contribution in [0.1, 0.15) is 0 Å². The summed E-state index contributed by atoms with van der Waals surface area (Å²) in [6.07, 6.45) is 0. The normalized spacial score (nSPS) is 12.6. The van der Waals surface area contributed by atoms with Gasteiger partial charge in [-0.3, -0.25) is 0 Å². The van der Waals surface area contributed by atoms with E-state index in [-0.39, 0.29) is 6.71 Å². The molecule has 0 amide bonds. The maximum Gasteiger partial charge on any atom is 0.252 e. The predicted molar refractivity (Wildman–Crippen MR) is 387 cm³/mol. The molecular weight excluding hydrogens is 1120 g/mol. The summed E-state index contributed by atoms with van der Waals surface area (Å²) < 4.78 is 2.54. The van der Waals surface area contributed by atoms with E-state index in [2.05, 4.69) is 378 Å². The van der Waals surface area contributed by atoms with Crippen LogP contribution in [0, 0.1) is 0 Å². The first-order valence-corrected chi connectivity index (χ1v) is 35.3. The van der Waals surface area contributed by atoms with Crippen LogP contribution in [0.15, 0.2) is 364 Å². The van der Waals surface area contributed by atoms with Crippen LogP contribution in [0.2, 0.25) is 0 Å². The number of fused-ring (bicyclic) bond motifs is 7. The van der Waals surface area contributed by atoms with E-state index < -0.39 is 16.1 Å². The topological polar surface area (TPSA) is 11.4 Å². The Balaban J connectivity index is 1.06. The van der Waals surface area contributed by atoms with E-state index in [1.807, 2.05) is 0 Å². The molecular formula is C84H60BN3Si2. The van der Waals surface area contributed by atoms with Crippen LogP contribution >= 0.6 is 0 Å². The van der Waals surface area contributed by atoms with Crippen molar-refractivity contribution in [1.29, 1.82) is 0 Å². The smallest absolute Gasteiger partial charge is 0.252 e. The van der Waals surface area contributed by atoms with Gasteiger partial charge in [-0.2, -0.15) is 0 Å². The Morgan fingerprint density at radius 2 is 0.600 bits per heavy atom. The van der Waals surface area contributed by atoms with Gasteiger partial charge >= 0.3 is 0 Å². The van der Waals surface area contributed by atoms with Crippen LogP contribution in [0.25, 0.3) is 38.6 Å². The number of para-hydroxylation sites is 6. The van der Waals surface area contributed by atoms with Gasteiger partial charge in [0.15, 0.2) is 16.1 Å². The summed E-state index contributed by atoms with van der Waals surface area (Å²) in [5, 5.41) is 13.0. The predicted octanol–water partition coefficient (Wildman–Crippen LogP) is 13.3. The fourth-order valence-electron chi connectivity index (χ4n) is 15.7. The van der Waals surface area contributed by atoms with Gasteiger partial charge in [-0.15, -0.1) is 0 Å². The Morgan fingerprint density at radius 1 is 0.256 bits per heavy atom. The van der Waals surface area contributed by atoms with Gasteiger partial charge in [-0.05, 0) is 106 Å². The van der Waals surface area contributed by atoms with E-state index in [1.54, 1.807) is 0 Å². The first-order valence-electron chi connectivity index (χ1n) is 31.3. The average Bonchev–Trinajstić information content (AvgIpc) is 0.816. The largest absolute Gasteiger partial charge is 0.311 e. The van der Waals surface area contributed by atoms with Gasteiger partial charge in [0.2, 0.25) is 0 Å². The van der Waals surface area contributed by atoms with Crippen molar-refractivity contribution in [2.75, 3.05) is 9.80 Å². The minimum atomic E-state index is -3.23. The molecule has 2 aliphatic rings. The number of nitrogens with zero attached hydrogens (tertiary/aromatic N) is 3. The molecule has 17 rings (SSSR count). The van der Waals surface area contributed by atoms with Crippen LogP contribution in [0.3, 0.4) is 0 Å². The van der Waals surface area contributed by atoms with Gasteiger partial charge in [0.1, 0.15) is 0 Å². The number of hydrogen-bond donors (Lipinski definition) is 0. The van der Waals surface area contributed by atoms with Crippen molar-refractivity contribution in [3.63, 3.8) is 0 Å². The average molecular weight is 1180 g/mol. The number of aromatic nitrogens is 1. The molecule has 2 aliphatic heterocycles. The lowest BCUT2D eigenvalue weighted by Crippen LogP contribution is -2.75. The van der Waals surface area contributed by atoms with Gasteiger partial charge in [-0.1, -0.05) is 322 Å². The highest BCUT2D eigenvalue weighted by molar-refractivity contribution is 7.21. The molecule has 1 aromatic heterocycles. The van der Waals surface area contributed by atoms with Crippen LogP contribution < -0.4 is 67.7 Å². The second-order valence-electron chi connectivity index (χ2n) is 23.8. The van der Waals surface area contributed by atoms with Crippen molar-refractivity contribution >= 4 is 137 Å². The highest BCUT2D eigenvalue weighted by Crippen LogP contribution is 2.48. The van der Waals surface area contributed by atoms with Gasteiger partial charge in [0, 0.05) is 50.5 Å². The van der Waals surface area contributed by atoms with E-state index in [4.69, 9.17) is 0 Å². The first kappa shape index (κ1) is 53.2. The lowest BCUT2D eigenvalue weighted by molar-refractivity contribution is 1.16. The molecule has 3 nitrogen and oxygen atoms in total. The van der Waals surface area contributed by atoms with Crippen molar-refractivity contribution in [3.05, 3.63) is 364 Å². The molecule has 14 aromatic carbocycles.